The predicted molar refractivity (Wildman–Crippen MR) is 111 cm³/mol. The molecule has 0 saturated heterocycles. The van der Waals surface area contributed by atoms with Gasteiger partial charge in [0.25, 0.3) is 5.69 Å². The number of amides is 1. The number of carbonyl (C=O) groups is 1. The maximum absolute atomic E-state index is 13.6. The Morgan fingerprint density at radius 3 is 2.11 bits per heavy atom. The standard InChI is InChI=1S/C18H9ClF10N2O4S2/c19-10-3-1-8(15(20,21)22)5-11(10)30-14(32)7-37(35)13-4-2-9(6-12(13)31(33)34)36-18(28,29)16(23,24)17(25,26)27/h1-6H,7H2,(H,30,32). The van der Waals surface area contributed by atoms with Gasteiger partial charge in [0, 0.05) is 11.0 Å². The first-order chi connectivity index (χ1) is 16.7. The Morgan fingerprint density at radius 1 is 1.00 bits per heavy atom. The molecule has 6 nitrogen and oxygen atoms in total. The molecule has 0 radical (unpaired) electrons. The van der Waals surface area contributed by atoms with Gasteiger partial charge in [-0.05, 0) is 42.1 Å². The molecule has 2 aromatic carbocycles. The molecule has 0 aliphatic heterocycles. The molecule has 204 valence electrons. The van der Waals surface area contributed by atoms with E-state index in [0.29, 0.717) is 24.3 Å². The Morgan fingerprint density at radius 2 is 1.59 bits per heavy atom. The number of nitro benzene ring substituents is 1. The molecule has 0 heterocycles. The van der Waals surface area contributed by atoms with Gasteiger partial charge in [0.1, 0.15) is 10.6 Å². The van der Waals surface area contributed by atoms with Crippen LogP contribution in [0.4, 0.5) is 55.3 Å². The molecule has 19 heteroatoms. The highest BCUT2D eigenvalue weighted by Gasteiger charge is 2.73. The van der Waals surface area contributed by atoms with E-state index >= 15 is 0 Å². The summed E-state index contributed by atoms with van der Waals surface area (Å²) in [6, 6.07) is 2.94. The summed E-state index contributed by atoms with van der Waals surface area (Å²) in [7, 11) is -2.65. The van der Waals surface area contributed by atoms with Crippen molar-refractivity contribution in [2.24, 2.45) is 0 Å². The van der Waals surface area contributed by atoms with Crippen LogP contribution in [0.15, 0.2) is 46.2 Å². The molecule has 0 spiro atoms. The molecule has 0 aliphatic carbocycles. The van der Waals surface area contributed by atoms with E-state index in [1.165, 1.54) is 0 Å². The number of nitrogens with zero attached hydrogens (tertiary/aromatic N) is 1. The number of hydrogen-bond acceptors (Lipinski definition) is 5. The van der Waals surface area contributed by atoms with Gasteiger partial charge in [0.05, 0.1) is 32.0 Å². The number of nitro groups is 1. The van der Waals surface area contributed by atoms with E-state index in [1.54, 1.807) is 0 Å². The van der Waals surface area contributed by atoms with Gasteiger partial charge >= 0.3 is 23.5 Å². The van der Waals surface area contributed by atoms with Gasteiger partial charge in [-0.25, -0.2) is 0 Å². The van der Waals surface area contributed by atoms with Crippen LogP contribution in [0.25, 0.3) is 0 Å². The molecule has 2 rings (SSSR count). The Balaban J connectivity index is 2.28. The number of thioether (sulfide) groups is 1. The zero-order chi connectivity index (χ0) is 28.6. The predicted octanol–water partition coefficient (Wildman–Crippen LogP) is 6.90. The van der Waals surface area contributed by atoms with Crippen LogP contribution in [0.3, 0.4) is 0 Å². The lowest BCUT2D eigenvalue weighted by Crippen LogP contribution is -2.49. The number of nitrogens with one attached hydrogen (secondary N) is 1. The van der Waals surface area contributed by atoms with Crippen LogP contribution in [-0.4, -0.2) is 38.1 Å². The normalized spacial score (nSPS) is 13.8. The molecular formula is C18H9ClF10N2O4S2. The van der Waals surface area contributed by atoms with Crippen LogP contribution in [0, 0.1) is 10.1 Å². The highest BCUT2D eigenvalue weighted by Crippen LogP contribution is 2.54. The first kappa shape index (κ1) is 30.6. The van der Waals surface area contributed by atoms with Crippen molar-refractivity contribution in [3.8, 4) is 0 Å². The first-order valence-electron chi connectivity index (χ1n) is 9.02. The van der Waals surface area contributed by atoms with Gasteiger partial charge in [0.2, 0.25) is 5.91 Å². The molecule has 1 atom stereocenters. The summed E-state index contributed by atoms with van der Waals surface area (Å²) in [5, 5.41) is 7.05. The maximum atomic E-state index is 13.6. The summed E-state index contributed by atoms with van der Waals surface area (Å²) in [6.45, 7) is 0. The molecular weight excluding hydrogens is 598 g/mol. The zero-order valence-electron chi connectivity index (χ0n) is 17.2. The van der Waals surface area contributed by atoms with E-state index in [0.717, 1.165) is 6.07 Å². The van der Waals surface area contributed by atoms with E-state index in [9.17, 15) is 63.0 Å². The fourth-order valence-corrected chi connectivity index (χ4v) is 4.52. The number of benzene rings is 2. The number of anilines is 1. The smallest absolute Gasteiger partial charge is 0.324 e. The average molecular weight is 607 g/mol. The minimum atomic E-state index is -6.65. The lowest BCUT2D eigenvalue weighted by atomic mass is 10.2. The number of halogens is 11. The van der Waals surface area contributed by atoms with Gasteiger partial charge < -0.3 is 5.32 Å². The first-order valence-corrected chi connectivity index (χ1v) is 11.5. The Kier molecular flexibility index (Phi) is 8.81. The number of carbonyl (C=O) groups excluding carboxylic acids is 1. The van der Waals surface area contributed by atoms with E-state index < -0.39 is 89.4 Å². The zero-order valence-corrected chi connectivity index (χ0v) is 19.6. The average Bonchev–Trinajstić information content (AvgIpc) is 2.73. The summed E-state index contributed by atoms with van der Waals surface area (Å²) in [4.78, 5) is 20.2. The lowest BCUT2D eigenvalue weighted by Gasteiger charge is -2.27. The molecule has 0 bridgehead atoms. The largest absolute Gasteiger partial charge is 0.460 e. The Labute approximate surface area is 210 Å². The third kappa shape index (κ3) is 7.04. The minimum Gasteiger partial charge on any atom is -0.324 e. The van der Waals surface area contributed by atoms with Crippen LogP contribution >= 0.6 is 23.4 Å². The second kappa shape index (κ2) is 10.6. The number of hydrogen-bond donors (Lipinski definition) is 1. The molecule has 1 unspecified atom stereocenters. The highest BCUT2D eigenvalue weighted by atomic mass is 35.5. The van der Waals surface area contributed by atoms with Crippen LogP contribution in [0.5, 0.6) is 0 Å². The molecule has 0 aromatic heterocycles. The van der Waals surface area contributed by atoms with Gasteiger partial charge in [-0.1, -0.05) is 11.6 Å². The third-order valence-corrected chi connectivity index (χ3v) is 6.86. The fourth-order valence-electron chi connectivity index (χ4n) is 2.45. The molecule has 0 fully saturated rings. The monoisotopic (exact) mass is 606 g/mol. The lowest BCUT2D eigenvalue weighted by molar-refractivity contribution is -0.388. The molecule has 1 N–H and O–H groups in total. The van der Waals surface area contributed by atoms with Crippen LogP contribution in [0.2, 0.25) is 5.02 Å². The second-order valence-corrected chi connectivity index (χ2v) is 9.82. The van der Waals surface area contributed by atoms with Crippen molar-refractivity contribution >= 4 is 51.4 Å². The van der Waals surface area contributed by atoms with Gasteiger partial charge in [-0.15, -0.1) is 0 Å². The van der Waals surface area contributed by atoms with Crippen molar-refractivity contribution in [3.63, 3.8) is 0 Å². The second-order valence-electron chi connectivity index (χ2n) is 6.81. The maximum Gasteiger partial charge on any atom is 0.460 e. The van der Waals surface area contributed by atoms with Crippen LogP contribution in [0.1, 0.15) is 5.56 Å². The Hall–Kier alpha value is -2.60. The topological polar surface area (TPSA) is 89.3 Å². The summed E-state index contributed by atoms with van der Waals surface area (Å²) < 4.78 is 141. The quantitative estimate of drug-likeness (QED) is 0.153. The van der Waals surface area contributed by atoms with Crippen molar-refractivity contribution in [2.45, 2.75) is 33.3 Å². The third-order valence-electron chi connectivity index (χ3n) is 4.17. The summed E-state index contributed by atoms with van der Waals surface area (Å²) in [5.41, 5.74) is -3.02. The molecule has 1 amide bonds. The van der Waals surface area contributed by atoms with E-state index in [4.69, 9.17) is 11.6 Å². The molecule has 2 aromatic rings. The number of alkyl halides is 10. The van der Waals surface area contributed by atoms with Crippen molar-refractivity contribution < 1.29 is 57.8 Å². The highest BCUT2D eigenvalue weighted by molar-refractivity contribution is 8.00. The van der Waals surface area contributed by atoms with Gasteiger partial charge in [0.15, 0.2) is 0 Å². The Bertz CT molecular complexity index is 1240. The van der Waals surface area contributed by atoms with Crippen molar-refractivity contribution in [2.75, 3.05) is 11.1 Å². The van der Waals surface area contributed by atoms with Gasteiger partial charge in [-0.2, -0.15) is 43.9 Å². The van der Waals surface area contributed by atoms with E-state index in [-0.39, 0.29) is 11.1 Å². The molecule has 37 heavy (non-hydrogen) atoms. The fraction of sp³-hybridized carbons (Fsp3) is 0.278. The van der Waals surface area contributed by atoms with Crippen molar-refractivity contribution in [1.82, 2.24) is 0 Å². The molecule has 0 saturated carbocycles. The van der Waals surface area contributed by atoms with Crippen LogP contribution < -0.4 is 5.32 Å². The van der Waals surface area contributed by atoms with Crippen LogP contribution in [-0.2, 0) is 21.8 Å². The summed E-state index contributed by atoms with van der Waals surface area (Å²) in [6.07, 6.45) is -11.5. The van der Waals surface area contributed by atoms with Gasteiger partial charge in [-0.3, -0.25) is 19.1 Å². The summed E-state index contributed by atoms with van der Waals surface area (Å²) >= 11 is 4.37. The van der Waals surface area contributed by atoms with Crippen molar-refractivity contribution in [1.29, 1.82) is 0 Å². The van der Waals surface area contributed by atoms with E-state index in [2.05, 4.69) is 0 Å². The molecule has 0 aliphatic rings. The summed E-state index contributed by atoms with van der Waals surface area (Å²) in [5.74, 6) is -8.88. The number of rotatable bonds is 8. The van der Waals surface area contributed by atoms with E-state index in [1.807, 2.05) is 5.32 Å². The minimum absolute atomic E-state index is 0.153. The SMILES string of the molecule is O=C(CS(=O)c1ccc(SC(F)(F)C(F)(F)C(F)(F)F)cc1[N+](=O)[O-])Nc1cc(C(F)(F)F)ccc1Cl. The van der Waals surface area contributed by atoms with Crippen molar-refractivity contribution in [3.05, 3.63) is 57.1 Å².